The van der Waals surface area contributed by atoms with Gasteiger partial charge in [-0.15, -0.1) is 0 Å². The molecule has 1 aromatic rings. The van der Waals surface area contributed by atoms with Gasteiger partial charge in [-0.3, -0.25) is 0 Å². The van der Waals surface area contributed by atoms with E-state index in [0.29, 0.717) is 18.1 Å². The molecular formula is C10H17N3O2. The summed E-state index contributed by atoms with van der Waals surface area (Å²) < 4.78 is 0. The number of hydrogen-bond donors (Lipinski definition) is 2. The highest BCUT2D eigenvalue weighted by Crippen LogP contribution is 2.10. The summed E-state index contributed by atoms with van der Waals surface area (Å²) in [4.78, 5) is 9.92. The van der Waals surface area contributed by atoms with Gasteiger partial charge in [-0.2, -0.15) is 0 Å². The Morgan fingerprint density at radius 3 is 2.27 bits per heavy atom. The van der Waals surface area contributed by atoms with E-state index in [2.05, 4.69) is 9.97 Å². The molecule has 0 aliphatic carbocycles. The van der Waals surface area contributed by atoms with E-state index in [-0.39, 0.29) is 6.61 Å². The summed E-state index contributed by atoms with van der Waals surface area (Å²) in [6.07, 6.45) is 3.15. The summed E-state index contributed by atoms with van der Waals surface area (Å²) in [6.45, 7) is 3.85. The molecule has 5 heteroatoms. The van der Waals surface area contributed by atoms with E-state index in [1.54, 1.807) is 31.1 Å². The monoisotopic (exact) mass is 211 g/mol. The van der Waals surface area contributed by atoms with Crippen LogP contribution in [0.3, 0.4) is 0 Å². The molecule has 0 aromatic carbocycles. The summed E-state index contributed by atoms with van der Waals surface area (Å²) in [5.74, 6) is 0.536. The first-order valence-electron chi connectivity index (χ1n) is 4.77. The second-order valence-corrected chi connectivity index (χ2v) is 4.22. The van der Waals surface area contributed by atoms with Crippen molar-refractivity contribution in [2.24, 2.45) is 0 Å². The minimum atomic E-state index is -0.784. The number of nitrogens with zero attached hydrogens (tertiary/aromatic N) is 3. The number of rotatable bonds is 4. The Hall–Kier alpha value is -1.20. The molecule has 1 aromatic heterocycles. The van der Waals surface area contributed by atoms with E-state index in [4.69, 9.17) is 5.11 Å². The molecule has 0 atom stereocenters. The molecule has 0 radical (unpaired) electrons. The lowest BCUT2D eigenvalue weighted by Crippen LogP contribution is -2.37. The molecule has 1 rings (SSSR count). The van der Waals surface area contributed by atoms with Crippen molar-refractivity contribution in [3.8, 4) is 0 Å². The average Bonchev–Trinajstić information content (AvgIpc) is 2.15. The highest BCUT2D eigenvalue weighted by Gasteiger charge is 2.17. The van der Waals surface area contributed by atoms with Crippen LogP contribution in [0, 0.1) is 0 Å². The van der Waals surface area contributed by atoms with Crippen LogP contribution in [0.25, 0.3) is 0 Å². The molecule has 0 fully saturated rings. The van der Waals surface area contributed by atoms with Gasteiger partial charge in [0.2, 0.25) is 5.95 Å². The lowest BCUT2D eigenvalue weighted by molar-refractivity contribution is 0.0883. The molecule has 5 nitrogen and oxygen atoms in total. The Kier molecular flexibility index (Phi) is 3.60. The van der Waals surface area contributed by atoms with Gasteiger partial charge in [0, 0.05) is 31.5 Å². The van der Waals surface area contributed by atoms with Gasteiger partial charge in [-0.1, -0.05) is 0 Å². The van der Waals surface area contributed by atoms with Crippen LogP contribution in [-0.4, -0.2) is 39.4 Å². The summed E-state index contributed by atoms with van der Waals surface area (Å²) in [5, 5.41) is 18.4. The second-order valence-electron chi connectivity index (χ2n) is 4.22. The Morgan fingerprint density at radius 1 is 1.33 bits per heavy atom. The van der Waals surface area contributed by atoms with Crippen LogP contribution >= 0.6 is 0 Å². The fraction of sp³-hybridized carbons (Fsp3) is 0.600. The molecule has 2 N–H and O–H groups in total. The summed E-state index contributed by atoms with van der Waals surface area (Å²) in [5.41, 5.74) is -0.108. The van der Waals surface area contributed by atoms with Gasteiger partial charge in [-0.05, 0) is 13.8 Å². The van der Waals surface area contributed by atoms with Crippen LogP contribution < -0.4 is 4.90 Å². The van der Waals surface area contributed by atoms with Crippen LogP contribution in [-0.2, 0) is 6.61 Å². The SMILES string of the molecule is CN(CC(C)(C)O)c1ncc(CO)cn1. The van der Waals surface area contributed by atoms with E-state index in [9.17, 15) is 5.11 Å². The van der Waals surface area contributed by atoms with Crippen molar-refractivity contribution in [2.75, 3.05) is 18.5 Å². The third kappa shape index (κ3) is 3.81. The summed E-state index contributed by atoms with van der Waals surface area (Å²) in [7, 11) is 1.81. The molecule has 0 amide bonds. The first kappa shape index (κ1) is 11.9. The highest BCUT2D eigenvalue weighted by molar-refractivity contribution is 5.28. The lowest BCUT2D eigenvalue weighted by atomic mass is 10.1. The first-order chi connectivity index (χ1) is 6.92. The van der Waals surface area contributed by atoms with E-state index in [0.717, 1.165) is 0 Å². The molecule has 84 valence electrons. The van der Waals surface area contributed by atoms with Crippen molar-refractivity contribution in [3.63, 3.8) is 0 Å². The van der Waals surface area contributed by atoms with Crippen LogP contribution in [0.15, 0.2) is 12.4 Å². The molecule has 0 spiro atoms. The van der Waals surface area contributed by atoms with E-state index in [1.807, 2.05) is 7.05 Å². The molecule has 0 bridgehead atoms. The molecule has 15 heavy (non-hydrogen) atoms. The quantitative estimate of drug-likeness (QED) is 0.743. The molecule has 0 aliphatic heterocycles. The largest absolute Gasteiger partial charge is 0.392 e. The molecule has 0 saturated carbocycles. The number of likely N-dealkylation sites (N-methyl/N-ethyl adjacent to an activating group) is 1. The molecule has 0 unspecified atom stereocenters. The molecule has 0 saturated heterocycles. The fourth-order valence-electron chi connectivity index (χ4n) is 1.28. The minimum absolute atomic E-state index is 0.0600. The van der Waals surface area contributed by atoms with Crippen molar-refractivity contribution in [1.29, 1.82) is 0 Å². The maximum absolute atomic E-state index is 9.61. The van der Waals surface area contributed by atoms with E-state index in [1.165, 1.54) is 0 Å². The zero-order valence-corrected chi connectivity index (χ0v) is 9.30. The van der Waals surface area contributed by atoms with Crippen molar-refractivity contribution in [2.45, 2.75) is 26.1 Å². The highest BCUT2D eigenvalue weighted by atomic mass is 16.3. The van der Waals surface area contributed by atoms with Gasteiger partial charge in [-0.25, -0.2) is 9.97 Å². The zero-order chi connectivity index (χ0) is 11.5. The predicted octanol–water partition coefficient (Wildman–Crippen LogP) is 0.176. The Labute approximate surface area is 89.4 Å². The van der Waals surface area contributed by atoms with Gasteiger partial charge in [0.1, 0.15) is 0 Å². The van der Waals surface area contributed by atoms with Gasteiger partial charge in [0.25, 0.3) is 0 Å². The number of aliphatic hydroxyl groups is 2. The van der Waals surface area contributed by atoms with Gasteiger partial charge >= 0.3 is 0 Å². The van der Waals surface area contributed by atoms with Crippen LogP contribution in [0.2, 0.25) is 0 Å². The lowest BCUT2D eigenvalue weighted by Gasteiger charge is -2.25. The second kappa shape index (κ2) is 4.55. The maximum Gasteiger partial charge on any atom is 0.225 e. The van der Waals surface area contributed by atoms with Crippen molar-refractivity contribution >= 4 is 5.95 Å². The van der Waals surface area contributed by atoms with Gasteiger partial charge in [0.05, 0.1) is 12.2 Å². The number of aromatic nitrogens is 2. The van der Waals surface area contributed by atoms with Crippen LogP contribution in [0.1, 0.15) is 19.4 Å². The average molecular weight is 211 g/mol. The maximum atomic E-state index is 9.61. The smallest absolute Gasteiger partial charge is 0.225 e. The van der Waals surface area contributed by atoms with E-state index >= 15 is 0 Å². The topological polar surface area (TPSA) is 69.5 Å². The molecule has 1 heterocycles. The van der Waals surface area contributed by atoms with Crippen molar-refractivity contribution in [3.05, 3.63) is 18.0 Å². The summed E-state index contributed by atoms with van der Waals surface area (Å²) in [6, 6.07) is 0. The van der Waals surface area contributed by atoms with Crippen molar-refractivity contribution in [1.82, 2.24) is 9.97 Å². The van der Waals surface area contributed by atoms with Crippen LogP contribution in [0.5, 0.6) is 0 Å². The summed E-state index contributed by atoms with van der Waals surface area (Å²) >= 11 is 0. The predicted molar refractivity (Wildman–Crippen MR) is 57.5 cm³/mol. The fourth-order valence-corrected chi connectivity index (χ4v) is 1.28. The number of aliphatic hydroxyl groups excluding tert-OH is 1. The Morgan fingerprint density at radius 2 is 1.87 bits per heavy atom. The Bertz CT molecular complexity index is 305. The van der Waals surface area contributed by atoms with E-state index < -0.39 is 5.60 Å². The third-order valence-electron chi connectivity index (χ3n) is 1.84. The van der Waals surface area contributed by atoms with Crippen molar-refractivity contribution < 1.29 is 10.2 Å². The molecule has 0 aliphatic rings. The zero-order valence-electron chi connectivity index (χ0n) is 9.30. The number of hydrogen-bond acceptors (Lipinski definition) is 5. The number of anilines is 1. The molecular weight excluding hydrogens is 194 g/mol. The van der Waals surface area contributed by atoms with Gasteiger partial charge < -0.3 is 15.1 Å². The third-order valence-corrected chi connectivity index (χ3v) is 1.84. The normalized spacial score (nSPS) is 11.5. The van der Waals surface area contributed by atoms with Gasteiger partial charge in [0.15, 0.2) is 0 Å². The standard InChI is InChI=1S/C10H17N3O2/c1-10(2,15)7-13(3)9-11-4-8(6-14)5-12-9/h4-5,14-15H,6-7H2,1-3H3. The minimum Gasteiger partial charge on any atom is -0.392 e. The van der Waals surface area contributed by atoms with Crippen LogP contribution in [0.4, 0.5) is 5.95 Å². The first-order valence-corrected chi connectivity index (χ1v) is 4.77. The Balaban J connectivity index is 2.70.